The zero-order chi connectivity index (χ0) is 8.97. The van der Waals surface area contributed by atoms with Gasteiger partial charge >= 0.3 is 29.6 Å². The van der Waals surface area contributed by atoms with Crippen molar-refractivity contribution >= 4 is 5.78 Å². The Morgan fingerprint density at radius 3 is 2.62 bits per heavy atom. The first kappa shape index (κ1) is 12.3. The van der Waals surface area contributed by atoms with Crippen molar-refractivity contribution in [3.05, 3.63) is 36.1 Å². The molecular formula is C8H7N2NaO2. The number of aryl methyl sites for hydroxylation is 1. The third kappa shape index (κ3) is 3.26. The molecule has 0 N–H and O–H groups in total. The maximum atomic E-state index is 11.1. The van der Waals surface area contributed by atoms with Gasteiger partial charge in [0.25, 0.3) is 0 Å². The fraction of sp³-hybridized carbons (Fsp3) is 0.125. The molecule has 13 heavy (non-hydrogen) atoms. The van der Waals surface area contributed by atoms with Crippen LogP contribution in [-0.2, 0) is 0 Å². The summed E-state index contributed by atoms with van der Waals surface area (Å²) in [7, 11) is 0. The summed E-state index contributed by atoms with van der Waals surface area (Å²) >= 11 is 0. The van der Waals surface area contributed by atoms with E-state index in [1.807, 2.05) is 0 Å². The van der Waals surface area contributed by atoms with Gasteiger partial charge in [0.1, 0.15) is 5.69 Å². The average Bonchev–Trinajstić information content (AvgIpc) is 2.05. The van der Waals surface area contributed by atoms with Crippen LogP contribution in [0.1, 0.15) is 16.2 Å². The Hall–Kier alpha value is -0.710. The van der Waals surface area contributed by atoms with Gasteiger partial charge in [0.2, 0.25) is 5.78 Å². The molecule has 1 aromatic rings. The molecule has 0 amide bonds. The van der Waals surface area contributed by atoms with Crippen LogP contribution in [-0.4, -0.2) is 15.8 Å². The van der Waals surface area contributed by atoms with E-state index in [1.54, 1.807) is 6.92 Å². The second-order valence-electron chi connectivity index (χ2n) is 2.16. The van der Waals surface area contributed by atoms with Gasteiger partial charge in [0.05, 0.1) is 5.69 Å². The summed E-state index contributed by atoms with van der Waals surface area (Å²) in [6, 6.07) is 0. The van der Waals surface area contributed by atoms with Gasteiger partial charge in [-0.3, -0.25) is 9.78 Å². The van der Waals surface area contributed by atoms with Crippen molar-refractivity contribution in [1.82, 2.24) is 9.97 Å². The molecule has 0 saturated heterocycles. The molecule has 0 aromatic carbocycles. The van der Waals surface area contributed by atoms with Crippen LogP contribution in [0.5, 0.6) is 0 Å². The van der Waals surface area contributed by atoms with E-state index >= 15 is 0 Å². The number of rotatable bonds is 2. The second-order valence-corrected chi connectivity index (χ2v) is 2.16. The number of hydrogen-bond acceptors (Lipinski definition) is 4. The molecule has 0 fully saturated rings. The van der Waals surface area contributed by atoms with Crippen molar-refractivity contribution in [3.63, 3.8) is 0 Å². The molecular weight excluding hydrogens is 179 g/mol. The molecule has 0 aliphatic rings. The van der Waals surface area contributed by atoms with Crippen molar-refractivity contribution in [1.29, 1.82) is 0 Å². The Morgan fingerprint density at radius 1 is 1.46 bits per heavy atom. The Balaban J connectivity index is 0.00000144. The Labute approximate surface area is 98.0 Å². The van der Waals surface area contributed by atoms with E-state index in [4.69, 9.17) is 0 Å². The van der Waals surface area contributed by atoms with Crippen LogP contribution in [0.2, 0.25) is 0 Å². The van der Waals surface area contributed by atoms with Gasteiger partial charge in [-0.05, 0) is 13.0 Å². The normalized spacial score (nSPS) is 9.62. The molecule has 0 spiro atoms. The molecule has 0 aliphatic carbocycles. The van der Waals surface area contributed by atoms with Crippen LogP contribution in [0.15, 0.2) is 24.7 Å². The minimum absolute atomic E-state index is 0. The summed E-state index contributed by atoms with van der Waals surface area (Å²) < 4.78 is 0. The SMILES string of the molecule is Cc1nccnc1C(=O)/C=C/[O-].[Na+]. The molecule has 5 heteroatoms. The number of hydrogen-bond donors (Lipinski definition) is 0. The topological polar surface area (TPSA) is 65.9 Å². The summed E-state index contributed by atoms with van der Waals surface area (Å²) in [4.78, 5) is 18.7. The number of carbonyl (C=O) groups is 1. The van der Waals surface area contributed by atoms with E-state index in [-0.39, 0.29) is 35.3 Å². The van der Waals surface area contributed by atoms with Crippen LogP contribution in [0.25, 0.3) is 0 Å². The average molecular weight is 186 g/mol. The Bertz CT molecular complexity index is 326. The Morgan fingerprint density at radius 2 is 2.08 bits per heavy atom. The maximum Gasteiger partial charge on any atom is 1.00 e. The van der Waals surface area contributed by atoms with Crippen LogP contribution in [0.4, 0.5) is 0 Å². The molecule has 1 aromatic heterocycles. The first-order valence-electron chi connectivity index (χ1n) is 3.36. The standard InChI is InChI=1S/C8H8N2O2.Na/c1-6-8(7(12)2-5-11)10-4-3-9-6;/h2-5,11H,1H3;/q;+1/p-1/b5-2+;. The van der Waals surface area contributed by atoms with Gasteiger partial charge in [0.15, 0.2) is 0 Å². The first-order chi connectivity index (χ1) is 5.75. The van der Waals surface area contributed by atoms with E-state index < -0.39 is 5.78 Å². The minimum Gasteiger partial charge on any atom is -0.878 e. The molecule has 0 radical (unpaired) electrons. The number of nitrogens with zero attached hydrogens (tertiary/aromatic N) is 2. The maximum absolute atomic E-state index is 11.1. The van der Waals surface area contributed by atoms with Crippen LogP contribution in [0.3, 0.4) is 0 Å². The zero-order valence-corrected chi connectivity index (χ0v) is 9.52. The molecule has 0 aliphatic heterocycles. The molecule has 1 heterocycles. The summed E-state index contributed by atoms with van der Waals surface area (Å²) in [5.41, 5.74) is 0.755. The molecule has 0 bridgehead atoms. The monoisotopic (exact) mass is 186 g/mol. The van der Waals surface area contributed by atoms with E-state index in [0.29, 0.717) is 12.0 Å². The molecule has 62 valence electrons. The predicted octanol–water partition coefficient (Wildman–Crippen LogP) is -3.15. The van der Waals surface area contributed by atoms with E-state index in [0.717, 1.165) is 6.08 Å². The van der Waals surface area contributed by atoms with Crippen LogP contribution in [0, 0.1) is 6.92 Å². The largest absolute Gasteiger partial charge is 1.00 e. The molecule has 4 nitrogen and oxygen atoms in total. The number of carbonyl (C=O) groups excluding carboxylic acids is 1. The summed E-state index contributed by atoms with van der Waals surface area (Å²) in [6.45, 7) is 1.67. The summed E-state index contributed by atoms with van der Waals surface area (Å²) in [5.74, 6) is -0.407. The van der Waals surface area contributed by atoms with Crippen LogP contribution < -0.4 is 34.7 Å². The van der Waals surface area contributed by atoms with Gasteiger partial charge in [0, 0.05) is 12.4 Å². The van der Waals surface area contributed by atoms with Crippen molar-refractivity contribution in [2.24, 2.45) is 0 Å². The number of aromatic nitrogens is 2. The molecule has 0 unspecified atom stereocenters. The third-order valence-corrected chi connectivity index (χ3v) is 1.33. The van der Waals surface area contributed by atoms with Gasteiger partial charge in [-0.15, -0.1) is 6.26 Å². The number of allylic oxidation sites excluding steroid dienone is 1. The molecule has 0 atom stereocenters. The molecule has 1 rings (SSSR count). The zero-order valence-electron chi connectivity index (χ0n) is 7.52. The fourth-order valence-electron chi connectivity index (χ4n) is 0.790. The van der Waals surface area contributed by atoms with E-state index in [2.05, 4.69) is 9.97 Å². The van der Waals surface area contributed by atoms with Crippen LogP contribution >= 0.6 is 0 Å². The quantitative estimate of drug-likeness (QED) is 0.212. The third-order valence-electron chi connectivity index (χ3n) is 1.33. The minimum atomic E-state index is -0.407. The summed E-state index contributed by atoms with van der Waals surface area (Å²) in [6.07, 6.45) is 4.28. The van der Waals surface area contributed by atoms with Crippen molar-refractivity contribution in [3.8, 4) is 0 Å². The van der Waals surface area contributed by atoms with Gasteiger partial charge in [-0.2, -0.15) is 0 Å². The smallest absolute Gasteiger partial charge is 0.878 e. The first-order valence-corrected chi connectivity index (χ1v) is 3.36. The van der Waals surface area contributed by atoms with Gasteiger partial charge in [-0.1, -0.05) is 0 Å². The van der Waals surface area contributed by atoms with Crippen molar-refractivity contribution < 1.29 is 39.5 Å². The van der Waals surface area contributed by atoms with E-state index in [9.17, 15) is 9.90 Å². The Kier molecular flexibility index (Phi) is 5.53. The second kappa shape index (κ2) is 5.85. The van der Waals surface area contributed by atoms with Crippen molar-refractivity contribution in [2.75, 3.05) is 0 Å². The predicted molar refractivity (Wildman–Crippen MR) is 40.2 cm³/mol. The van der Waals surface area contributed by atoms with Gasteiger partial charge in [-0.25, -0.2) is 4.98 Å². The van der Waals surface area contributed by atoms with E-state index in [1.165, 1.54) is 12.4 Å². The number of ketones is 1. The summed E-state index contributed by atoms with van der Waals surface area (Å²) in [5, 5.41) is 9.98. The van der Waals surface area contributed by atoms with Crippen molar-refractivity contribution in [2.45, 2.75) is 6.92 Å². The van der Waals surface area contributed by atoms with Gasteiger partial charge < -0.3 is 5.11 Å². The molecule has 0 saturated carbocycles. The fourth-order valence-corrected chi connectivity index (χ4v) is 0.790.